The zero-order valence-electron chi connectivity index (χ0n) is 7.09. The van der Waals surface area contributed by atoms with Crippen LogP contribution in [0.1, 0.15) is 25.0 Å². The number of halogens is 2. The summed E-state index contributed by atoms with van der Waals surface area (Å²) in [7, 11) is 0. The Morgan fingerprint density at radius 1 is 1.38 bits per heavy atom. The minimum absolute atomic E-state index is 0.109. The number of benzene rings is 1. The van der Waals surface area contributed by atoms with Gasteiger partial charge in [-0.1, -0.05) is 22.9 Å². The van der Waals surface area contributed by atoms with Gasteiger partial charge in [0.1, 0.15) is 5.75 Å². The fourth-order valence-corrected chi connectivity index (χ4v) is 2.32. The monoisotopic (exact) mass is 308 g/mol. The van der Waals surface area contributed by atoms with Crippen LogP contribution in [0.2, 0.25) is 0 Å². The molecule has 1 rings (SSSR count). The molecule has 0 heterocycles. The van der Waals surface area contributed by atoms with E-state index < -0.39 is 6.10 Å². The normalized spacial score (nSPS) is 12.9. The van der Waals surface area contributed by atoms with E-state index in [4.69, 9.17) is 0 Å². The van der Waals surface area contributed by atoms with Crippen LogP contribution in [0.5, 0.6) is 5.75 Å². The molecule has 1 unspecified atom stereocenters. The molecule has 2 nitrogen and oxygen atoms in total. The summed E-state index contributed by atoms with van der Waals surface area (Å²) in [5.41, 5.74) is 0.545. The summed E-state index contributed by atoms with van der Waals surface area (Å²) >= 11 is 6.50. The zero-order chi connectivity index (χ0) is 10.0. The Balaban J connectivity index is 3.20. The summed E-state index contributed by atoms with van der Waals surface area (Å²) < 4.78 is 1.42. The Labute approximate surface area is 93.8 Å². The molecule has 0 amide bonds. The van der Waals surface area contributed by atoms with E-state index in [2.05, 4.69) is 31.9 Å². The third-order valence-electron chi connectivity index (χ3n) is 1.80. The molecule has 0 saturated carbocycles. The minimum Gasteiger partial charge on any atom is -0.506 e. The van der Waals surface area contributed by atoms with E-state index in [-0.39, 0.29) is 5.75 Å². The van der Waals surface area contributed by atoms with Crippen molar-refractivity contribution in [3.05, 3.63) is 26.6 Å². The Hall–Kier alpha value is -0.0600. The van der Waals surface area contributed by atoms with Gasteiger partial charge in [0.2, 0.25) is 0 Å². The lowest BCUT2D eigenvalue weighted by atomic mass is 10.1. The summed E-state index contributed by atoms with van der Waals surface area (Å²) in [6.07, 6.45) is -0.0370. The Morgan fingerprint density at radius 3 is 2.54 bits per heavy atom. The van der Waals surface area contributed by atoms with Crippen LogP contribution in [-0.4, -0.2) is 10.2 Å². The van der Waals surface area contributed by atoms with Gasteiger partial charge in [-0.05, 0) is 34.5 Å². The van der Waals surface area contributed by atoms with Gasteiger partial charge in [-0.3, -0.25) is 0 Å². The summed E-state index contributed by atoms with van der Waals surface area (Å²) in [4.78, 5) is 0. The molecule has 0 aromatic heterocycles. The van der Waals surface area contributed by atoms with Crippen molar-refractivity contribution < 1.29 is 10.2 Å². The van der Waals surface area contributed by atoms with Crippen LogP contribution in [0.15, 0.2) is 21.1 Å². The number of phenolic OH excluding ortho intramolecular Hbond substituents is 1. The molecule has 1 atom stereocenters. The predicted molar refractivity (Wildman–Crippen MR) is 58.8 cm³/mol. The van der Waals surface area contributed by atoms with Crippen LogP contribution in [0, 0.1) is 0 Å². The third kappa shape index (κ3) is 2.45. The highest BCUT2D eigenvalue weighted by Crippen LogP contribution is 2.35. The number of hydrogen-bond acceptors (Lipinski definition) is 2. The van der Waals surface area contributed by atoms with E-state index in [1.165, 1.54) is 0 Å². The molecule has 0 aliphatic carbocycles. The number of aromatic hydroxyl groups is 1. The van der Waals surface area contributed by atoms with Crippen LogP contribution in [0.25, 0.3) is 0 Å². The van der Waals surface area contributed by atoms with Gasteiger partial charge in [0.25, 0.3) is 0 Å². The molecule has 1 aromatic carbocycles. The molecule has 0 fully saturated rings. The van der Waals surface area contributed by atoms with E-state index >= 15 is 0 Å². The second-order valence-corrected chi connectivity index (χ2v) is 4.52. The molecule has 0 spiro atoms. The first kappa shape index (κ1) is 11.0. The lowest BCUT2D eigenvalue weighted by molar-refractivity contribution is 0.169. The van der Waals surface area contributed by atoms with Crippen molar-refractivity contribution in [2.75, 3.05) is 0 Å². The van der Waals surface area contributed by atoms with Gasteiger partial charge < -0.3 is 10.2 Å². The maximum absolute atomic E-state index is 9.60. The number of hydrogen-bond donors (Lipinski definition) is 2. The maximum atomic E-state index is 9.60. The molecular formula is C9H10Br2O2. The van der Waals surface area contributed by atoms with Crippen LogP contribution in [0.3, 0.4) is 0 Å². The molecule has 0 aliphatic heterocycles. The van der Waals surface area contributed by atoms with Crippen LogP contribution >= 0.6 is 31.9 Å². The minimum atomic E-state index is -0.617. The first-order valence-corrected chi connectivity index (χ1v) is 5.50. The highest BCUT2D eigenvalue weighted by molar-refractivity contribution is 9.11. The predicted octanol–water partition coefficient (Wildman–Crippen LogP) is 3.36. The van der Waals surface area contributed by atoms with E-state index in [1.54, 1.807) is 12.1 Å². The highest BCUT2D eigenvalue weighted by Gasteiger charge is 2.13. The topological polar surface area (TPSA) is 40.5 Å². The van der Waals surface area contributed by atoms with E-state index in [1.807, 2.05) is 6.92 Å². The van der Waals surface area contributed by atoms with Crippen LogP contribution in [-0.2, 0) is 0 Å². The van der Waals surface area contributed by atoms with Gasteiger partial charge in [0.15, 0.2) is 0 Å². The third-order valence-corrected chi connectivity index (χ3v) is 2.87. The van der Waals surface area contributed by atoms with Gasteiger partial charge >= 0.3 is 0 Å². The molecule has 1 aromatic rings. The van der Waals surface area contributed by atoms with Crippen LogP contribution < -0.4 is 0 Å². The molecular weight excluding hydrogens is 300 g/mol. The van der Waals surface area contributed by atoms with Gasteiger partial charge in [0.05, 0.1) is 10.6 Å². The number of aliphatic hydroxyl groups is 1. The fraction of sp³-hybridized carbons (Fsp3) is 0.333. The van der Waals surface area contributed by atoms with E-state index in [0.29, 0.717) is 16.5 Å². The summed E-state index contributed by atoms with van der Waals surface area (Å²) in [6.45, 7) is 1.86. The summed E-state index contributed by atoms with van der Waals surface area (Å²) in [5.74, 6) is 0.109. The molecule has 0 bridgehead atoms. The van der Waals surface area contributed by atoms with Gasteiger partial charge in [-0.2, -0.15) is 0 Å². The average molecular weight is 310 g/mol. The number of phenols is 1. The molecule has 0 saturated heterocycles. The smallest absolute Gasteiger partial charge is 0.135 e. The first-order valence-electron chi connectivity index (χ1n) is 3.92. The standard InChI is InChI=1S/C9H10Br2O2/c1-2-8(12)6-3-5(10)4-7(11)9(6)13/h3-4,8,12-13H,2H2,1H3. The maximum Gasteiger partial charge on any atom is 0.135 e. The average Bonchev–Trinajstić information content (AvgIpc) is 2.10. The zero-order valence-corrected chi connectivity index (χ0v) is 10.3. The lowest BCUT2D eigenvalue weighted by Gasteiger charge is -2.11. The van der Waals surface area contributed by atoms with Crippen molar-refractivity contribution in [3.63, 3.8) is 0 Å². The quantitative estimate of drug-likeness (QED) is 0.879. The number of rotatable bonds is 2. The van der Waals surface area contributed by atoms with Crippen molar-refractivity contribution in [2.24, 2.45) is 0 Å². The van der Waals surface area contributed by atoms with Crippen LogP contribution in [0.4, 0.5) is 0 Å². The number of aliphatic hydroxyl groups excluding tert-OH is 1. The van der Waals surface area contributed by atoms with Gasteiger partial charge in [0, 0.05) is 10.0 Å². The van der Waals surface area contributed by atoms with Gasteiger partial charge in [-0.15, -0.1) is 0 Å². The first-order chi connectivity index (χ1) is 6.06. The summed E-state index contributed by atoms with van der Waals surface area (Å²) in [5, 5.41) is 19.2. The molecule has 0 aliphatic rings. The highest BCUT2D eigenvalue weighted by atomic mass is 79.9. The van der Waals surface area contributed by atoms with Crippen molar-refractivity contribution in [1.29, 1.82) is 0 Å². The Kier molecular flexibility index (Phi) is 3.76. The molecule has 13 heavy (non-hydrogen) atoms. The van der Waals surface area contributed by atoms with Gasteiger partial charge in [-0.25, -0.2) is 0 Å². The second-order valence-electron chi connectivity index (χ2n) is 2.75. The van der Waals surface area contributed by atoms with Crippen molar-refractivity contribution >= 4 is 31.9 Å². The lowest BCUT2D eigenvalue weighted by Crippen LogP contribution is -1.96. The SMILES string of the molecule is CCC(O)c1cc(Br)cc(Br)c1O. The van der Waals surface area contributed by atoms with Crippen molar-refractivity contribution in [3.8, 4) is 5.75 Å². The Morgan fingerprint density at radius 2 is 2.00 bits per heavy atom. The fourth-order valence-electron chi connectivity index (χ4n) is 1.06. The molecule has 72 valence electrons. The van der Waals surface area contributed by atoms with E-state index in [0.717, 1.165) is 4.47 Å². The Bertz CT molecular complexity index is 313. The molecule has 2 N–H and O–H groups in total. The molecule has 4 heteroatoms. The van der Waals surface area contributed by atoms with E-state index in [9.17, 15) is 10.2 Å². The van der Waals surface area contributed by atoms with Crippen molar-refractivity contribution in [1.82, 2.24) is 0 Å². The molecule has 0 radical (unpaired) electrons. The summed E-state index contributed by atoms with van der Waals surface area (Å²) in [6, 6.07) is 3.45. The van der Waals surface area contributed by atoms with Crippen molar-refractivity contribution in [2.45, 2.75) is 19.4 Å². The second kappa shape index (κ2) is 4.44. The largest absolute Gasteiger partial charge is 0.506 e.